The summed E-state index contributed by atoms with van der Waals surface area (Å²) >= 11 is 3.39. The van der Waals surface area contributed by atoms with Crippen LogP contribution in [0.4, 0.5) is 5.69 Å². The molecule has 0 saturated carbocycles. The van der Waals surface area contributed by atoms with Crippen LogP contribution in [0.1, 0.15) is 25.8 Å². The summed E-state index contributed by atoms with van der Waals surface area (Å²) in [5.41, 5.74) is 1.85. The van der Waals surface area contributed by atoms with E-state index in [1.165, 1.54) is 0 Å². The molecule has 1 aromatic rings. The van der Waals surface area contributed by atoms with E-state index in [1.54, 1.807) is 7.11 Å². The second kappa shape index (κ2) is 6.77. The van der Waals surface area contributed by atoms with E-state index in [0.29, 0.717) is 5.56 Å². The van der Waals surface area contributed by atoms with E-state index < -0.39 is 0 Å². The predicted molar refractivity (Wildman–Crippen MR) is 77.6 cm³/mol. The van der Waals surface area contributed by atoms with E-state index in [1.807, 2.05) is 18.2 Å². The lowest BCUT2D eigenvalue weighted by atomic mass is 9.89. The van der Waals surface area contributed by atoms with Crippen molar-refractivity contribution in [3.63, 3.8) is 0 Å². The summed E-state index contributed by atoms with van der Waals surface area (Å²) in [5.74, 6) is 0. The van der Waals surface area contributed by atoms with Crippen LogP contribution < -0.4 is 5.32 Å². The van der Waals surface area contributed by atoms with Crippen LogP contribution in [0.2, 0.25) is 0 Å². The van der Waals surface area contributed by atoms with Crippen LogP contribution in [-0.2, 0) is 4.74 Å². The van der Waals surface area contributed by atoms with Gasteiger partial charge in [0.15, 0.2) is 0 Å². The molecular weight excluding hydrogens is 292 g/mol. The molecule has 1 N–H and O–H groups in total. The Morgan fingerprint density at radius 1 is 1.44 bits per heavy atom. The van der Waals surface area contributed by atoms with Crippen LogP contribution in [0.5, 0.6) is 0 Å². The number of nitrogens with zero attached hydrogens (tertiary/aromatic N) is 1. The Morgan fingerprint density at radius 3 is 2.72 bits per heavy atom. The fourth-order valence-electron chi connectivity index (χ4n) is 1.52. The maximum atomic E-state index is 8.85. The maximum Gasteiger partial charge on any atom is 0.100 e. The van der Waals surface area contributed by atoms with Crippen molar-refractivity contribution in [2.24, 2.45) is 5.41 Å². The maximum absolute atomic E-state index is 8.85. The summed E-state index contributed by atoms with van der Waals surface area (Å²) in [7, 11) is 1.72. The summed E-state index contributed by atoms with van der Waals surface area (Å²) < 4.78 is 5.93. The number of rotatable bonds is 6. The van der Waals surface area contributed by atoms with E-state index in [2.05, 4.69) is 41.2 Å². The van der Waals surface area contributed by atoms with Gasteiger partial charge in [-0.05, 0) is 46.0 Å². The predicted octanol–water partition coefficient (Wildman–Crippen LogP) is 3.80. The number of halogens is 1. The van der Waals surface area contributed by atoms with Gasteiger partial charge in [0.1, 0.15) is 6.07 Å². The number of ether oxygens (including phenoxy) is 1. The average Bonchev–Trinajstić information content (AvgIpc) is 2.34. The van der Waals surface area contributed by atoms with Crippen LogP contribution in [0, 0.1) is 16.7 Å². The quantitative estimate of drug-likeness (QED) is 0.869. The van der Waals surface area contributed by atoms with E-state index >= 15 is 0 Å². The first-order valence-electron chi connectivity index (χ1n) is 5.91. The Bertz CT molecular complexity index is 438. The molecule has 0 radical (unpaired) electrons. The van der Waals surface area contributed by atoms with Crippen LogP contribution in [0.25, 0.3) is 0 Å². The average molecular weight is 311 g/mol. The van der Waals surface area contributed by atoms with Crippen molar-refractivity contribution in [3.8, 4) is 6.07 Å². The highest BCUT2D eigenvalue weighted by atomic mass is 79.9. The molecule has 0 spiro atoms. The number of methoxy groups -OCH3 is 1. The first kappa shape index (κ1) is 15.0. The van der Waals surface area contributed by atoms with Gasteiger partial charge in [0.2, 0.25) is 0 Å². The molecule has 0 fully saturated rings. The number of anilines is 1. The molecule has 98 valence electrons. The van der Waals surface area contributed by atoms with Gasteiger partial charge in [-0.3, -0.25) is 0 Å². The molecule has 0 bridgehead atoms. The van der Waals surface area contributed by atoms with Gasteiger partial charge >= 0.3 is 0 Å². The van der Waals surface area contributed by atoms with Crippen molar-refractivity contribution in [1.29, 1.82) is 5.26 Å². The number of nitriles is 1. The zero-order valence-corrected chi connectivity index (χ0v) is 12.7. The third kappa shape index (κ3) is 4.67. The largest absolute Gasteiger partial charge is 0.385 e. The molecule has 1 rings (SSSR count). The highest BCUT2D eigenvalue weighted by Gasteiger charge is 2.17. The Morgan fingerprint density at radius 2 is 2.17 bits per heavy atom. The second-order valence-corrected chi connectivity index (χ2v) is 5.92. The normalized spacial score (nSPS) is 11.1. The highest BCUT2D eigenvalue weighted by molar-refractivity contribution is 9.10. The summed E-state index contributed by atoms with van der Waals surface area (Å²) in [6.45, 7) is 6.05. The molecule has 0 unspecified atom stereocenters. The standard InChI is InChI=1S/C14H19BrN2O/c1-14(2,6-7-18-3)10-17-12-5-4-11(9-16)13(15)8-12/h4-5,8,17H,6-7,10H2,1-3H3. The monoisotopic (exact) mass is 310 g/mol. The molecule has 1 aromatic carbocycles. The third-order valence-corrected chi connectivity index (χ3v) is 3.50. The summed E-state index contributed by atoms with van der Waals surface area (Å²) in [6.07, 6.45) is 1.01. The smallest absolute Gasteiger partial charge is 0.100 e. The third-order valence-electron chi connectivity index (χ3n) is 2.84. The van der Waals surface area contributed by atoms with Crippen molar-refractivity contribution in [2.45, 2.75) is 20.3 Å². The lowest BCUT2D eigenvalue weighted by Gasteiger charge is -2.25. The van der Waals surface area contributed by atoms with Gasteiger partial charge in [-0.25, -0.2) is 0 Å². The van der Waals surface area contributed by atoms with E-state index in [9.17, 15) is 0 Å². The minimum atomic E-state index is 0.177. The molecule has 4 heteroatoms. The Labute approximate surface area is 117 Å². The Kier molecular flexibility index (Phi) is 5.64. The molecule has 0 heterocycles. The molecule has 0 saturated heterocycles. The summed E-state index contributed by atoms with van der Waals surface area (Å²) in [6, 6.07) is 7.81. The zero-order chi connectivity index (χ0) is 13.6. The number of nitrogens with one attached hydrogen (secondary N) is 1. The minimum Gasteiger partial charge on any atom is -0.385 e. The molecule has 0 atom stereocenters. The summed E-state index contributed by atoms with van der Waals surface area (Å²) in [5, 5.41) is 12.2. The van der Waals surface area contributed by atoms with Crippen LogP contribution >= 0.6 is 15.9 Å². The van der Waals surface area contributed by atoms with Crippen molar-refractivity contribution in [2.75, 3.05) is 25.6 Å². The molecule has 0 aliphatic carbocycles. The Hall–Kier alpha value is -1.05. The molecule has 0 aliphatic heterocycles. The molecule has 0 aliphatic rings. The molecular formula is C14H19BrN2O. The minimum absolute atomic E-state index is 0.177. The first-order chi connectivity index (χ1) is 8.48. The number of hydrogen-bond acceptors (Lipinski definition) is 3. The molecule has 3 nitrogen and oxygen atoms in total. The first-order valence-corrected chi connectivity index (χ1v) is 6.70. The van der Waals surface area contributed by atoms with E-state index in [-0.39, 0.29) is 5.41 Å². The Balaban J connectivity index is 2.58. The van der Waals surface area contributed by atoms with Crippen LogP contribution in [-0.4, -0.2) is 20.3 Å². The van der Waals surface area contributed by atoms with Crippen molar-refractivity contribution in [1.82, 2.24) is 0 Å². The van der Waals surface area contributed by atoms with Gasteiger partial charge in [-0.1, -0.05) is 13.8 Å². The van der Waals surface area contributed by atoms with Gasteiger partial charge < -0.3 is 10.1 Å². The fourth-order valence-corrected chi connectivity index (χ4v) is 1.99. The fraction of sp³-hybridized carbons (Fsp3) is 0.500. The zero-order valence-electron chi connectivity index (χ0n) is 11.1. The van der Waals surface area contributed by atoms with Gasteiger partial charge in [0.25, 0.3) is 0 Å². The van der Waals surface area contributed by atoms with Gasteiger partial charge in [-0.2, -0.15) is 5.26 Å². The van der Waals surface area contributed by atoms with Crippen molar-refractivity contribution in [3.05, 3.63) is 28.2 Å². The molecule has 0 aromatic heterocycles. The van der Waals surface area contributed by atoms with Gasteiger partial charge in [0.05, 0.1) is 5.56 Å². The highest BCUT2D eigenvalue weighted by Crippen LogP contribution is 2.24. The second-order valence-electron chi connectivity index (χ2n) is 5.07. The molecule has 18 heavy (non-hydrogen) atoms. The number of hydrogen-bond donors (Lipinski definition) is 1. The van der Waals surface area contributed by atoms with Crippen molar-refractivity contribution < 1.29 is 4.74 Å². The van der Waals surface area contributed by atoms with E-state index in [0.717, 1.165) is 29.7 Å². The lowest BCUT2D eigenvalue weighted by Crippen LogP contribution is -2.24. The lowest BCUT2D eigenvalue weighted by molar-refractivity contribution is 0.157. The topological polar surface area (TPSA) is 45.0 Å². The summed E-state index contributed by atoms with van der Waals surface area (Å²) in [4.78, 5) is 0. The molecule has 0 amide bonds. The van der Waals surface area contributed by atoms with E-state index in [4.69, 9.17) is 10.00 Å². The van der Waals surface area contributed by atoms with Crippen LogP contribution in [0.15, 0.2) is 22.7 Å². The SMILES string of the molecule is COCCC(C)(C)CNc1ccc(C#N)c(Br)c1. The number of benzene rings is 1. The van der Waals surface area contributed by atoms with Crippen molar-refractivity contribution >= 4 is 21.6 Å². The van der Waals surface area contributed by atoms with Gasteiger partial charge in [-0.15, -0.1) is 0 Å². The van der Waals surface area contributed by atoms with Crippen LogP contribution in [0.3, 0.4) is 0 Å². The van der Waals surface area contributed by atoms with Gasteiger partial charge in [0, 0.05) is 30.4 Å².